The van der Waals surface area contributed by atoms with Gasteiger partial charge in [-0.05, 0) is 0 Å². The minimum Gasteiger partial charge on any atom is -0.822 e. The van der Waals surface area contributed by atoms with E-state index in [1.165, 1.54) is 56.9 Å². The fraction of sp³-hybridized carbons (Fsp3) is 0.600. The number of unbranched alkanes of at least 4 members (excludes halogenated alkanes) is 6. The molecule has 1 aromatic rings. The zero-order valence-corrected chi connectivity index (χ0v) is 14.2. The molecule has 0 atom stereocenters. The van der Waals surface area contributed by atoms with Gasteiger partial charge in [0.25, 0.3) is 0 Å². The number of rotatable bonds is 8. The normalized spacial score (nSPS) is 10.3. The van der Waals surface area contributed by atoms with E-state index < -0.39 is 7.82 Å². The van der Waals surface area contributed by atoms with Gasteiger partial charge >= 0.3 is 16.5 Å². The molecule has 0 unspecified atom stereocenters. The maximum Gasteiger partial charge on any atom is 3.00 e. The molecule has 21 heavy (non-hydrogen) atoms. The average Bonchev–Trinajstić information content (AvgIpc) is 2.37. The maximum atomic E-state index is 8.55. The Morgan fingerprint density at radius 3 is 1.86 bits per heavy atom. The first-order chi connectivity index (χ1) is 9.43. The molecule has 0 fully saturated rings. The summed E-state index contributed by atoms with van der Waals surface area (Å²) in [4.78, 5) is 25.6. The maximum absolute atomic E-state index is 8.55. The van der Waals surface area contributed by atoms with E-state index in [0.29, 0.717) is 0 Å². The molecule has 0 amide bonds. The third kappa shape index (κ3) is 22.3. The smallest absolute Gasteiger partial charge is 0.822 e. The van der Waals surface area contributed by atoms with E-state index in [2.05, 4.69) is 25.1 Å². The average molecular weight is 357 g/mol. The Labute approximate surface area is 138 Å². The summed E-state index contributed by atoms with van der Waals surface area (Å²) in [5.41, 5.74) is 1.46. The number of benzene rings is 1. The van der Waals surface area contributed by atoms with Crippen LogP contribution in [-0.4, -0.2) is 0 Å². The van der Waals surface area contributed by atoms with E-state index in [9.17, 15) is 0 Å². The second-order valence-corrected chi connectivity index (χ2v) is 5.62. The second kappa shape index (κ2) is 14.7. The molecule has 0 aromatic heterocycles. The number of hydrogen-bond donors (Lipinski definition) is 0. The second-order valence-electron chi connectivity index (χ2n) is 4.73. The van der Waals surface area contributed by atoms with E-state index in [0.717, 1.165) is 0 Å². The minimum absolute atomic E-state index is 0. The van der Waals surface area contributed by atoms with E-state index in [4.69, 9.17) is 19.2 Å². The Morgan fingerprint density at radius 2 is 1.38 bits per heavy atom. The van der Waals surface area contributed by atoms with Gasteiger partial charge in [-0.15, -0.1) is 0 Å². The van der Waals surface area contributed by atoms with Crippen LogP contribution in [0.5, 0.6) is 0 Å². The van der Waals surface area contributed by atoms with Crippen LogP contribution in [-0.2, 0) is 27.5 Å². The molecule has 4 nitrogen and oxygen atoms in total. The molecule has 1 radical (unpaired) electrons. The van der Waals surface area contributed by atoms with Gasteiger partial charge in [0.05, 0.1) is 0 Å². The molecule has 0 heterocycles. The van der Waals surface area contributed by atoms with Crippen molar-refractivity contribution in [3.63, 3.8) is 0 Å². The molecule has 6 heteroatoms. The molecule has 1 rings (SSSR count). The van der Waals surface area contributed by atoms with Crippen molar-refractivity contribution in [2.75, 3.05) is 0 Å². The molecule has 123 valence electrons. The molecule has 0 aliphatic rings. The first kappa shape index (κ1) is 23.1. The zero-order chi connectivity index (χ0) is 15.3. The Morgan fingerprint density at radius 1 is 0.952 bits per heavy atom. The predicted octanol–water partition coefficient (Wildman–Crippen LogP) is 1.95. The molecule has 1 aromatic carbocycles. The van der Waals surface area contributed by atoms with Gasteiger partial charge in [-0.3, -0.25) is 0 Å². The molecular weight excluding hydrogens is 334 g/mol. The van der Waals surface area contributed by atoms with Crippen molar-refractivity contribution in [2.45, 2.75) is 58.3 Å². The van der Waals surface area contributed by atoms with Crippen molar-refractivity contribution >= 4 is 7.82 Å². The van der Waals surface area contributed by atoms with Crippen molar-refractivity contribution in [3.8, 4) is 0 Å². The van der Waals surface area contributed by atoms with E-state index in [-0.39, 0.29) is 16.5 Å². The summed E-state index contributed by atoms with van der Waals surface area (Å²) in [7, 11) is -5.39. The molecule has 0 saturated heterocycles. The van der Waals surface area contributed by atoms with Crippen molar-refractivity contribution in [2.24, 2.45) is 0 Å². The van der Waals surface area contributed by atoms with Crippen molar-refractivity contribution in [1.29, 1.82) is 0 Å². The Kier molecular flexibility index (Phi) is 16.2. The van der Waals surface area contributed by atoms with Crippen LogP contribution in [0.4, 0.5) is 0 Å². The van der Waals surface area contributed by atoms with Gasteiger partial charge in [-0.1, -0.05) is 58.3 Å². The molecule has 0 bridgehead atoms. The van der Waals surface area contributed by atoms with Crippen molar-refractivity contribution < 1.29 is 35.7 Å². The summed E-state index contributed by atoms with van der Waals surface area (Å²) in [6.45, 7) is 2.27. The summed E-state index contributed by atoms with van der Waals surface area (Å²) in [6.07, 6.45) is 11.0. The monoisotopic (exact) mass is 356 g/mol. The van der Waals surface area contributed by atoms with Crippen LogP contribution >= 0.6 is 7.82 Å². The van der Waals surface area contributed by atoms with E-state index >= 15 is 0 Å². The van der Waals surface area contributed by atoms with Crippen molar-refractivity contribution in [1.82, 2.24) is 0 Å². The standard InChI is InChI=1S/C15H23.Ni.H3O4P/c1-2-3-4-5-6-7-9-12-15-13-10-8-11-14-15;;1-5(2,3)4/h10-11,13-14H,2-7,9,12H2,1H3;;(H3,1,2,3,4)/q-1;+3;/p-3. The van der Waals surface area contributed by atoms with Crippen LogP contribution in [0.3, 0.4) is 0 Å². The summed E-state index contributed by atoms with van der Waals surface area (Å²) < 4.78 is 8.55. The van der Waals surface area contributed by atoms with Crippen LogP contribution < -0.4 is 14.7 Å². The third-order valence-corrected chi connectivity index (χ3v) is 2.86. The van der Waals surface area contributed by atoms with Gasteiger partial charge in [0, 0.05) is 0 Å². The zero-order valence-electron chi connectivity index (χ0n) is 12.4. The summed E-state index contributed by atoms with van der Waals surface area (Å²) in [5, 5.41) is 0. The number of hydrogen-bond acceptors (Lipinski definition) is 4. The first-order valence-corrected chi connectivity index (χ1v) is 8.57. The van der Waals surface area contributed by atoms with E-state index in [1.54, 1.807) is 0 Å². The molecule has 0 saturated carbocycles. The Hall–Kier alpha value is -0.176. The van der Waals surface area contributed by atoms with Gasteiger partial charge < -0.3 is 19.2 Å². The molecule has 0 aliphatic heterocycles. The molecular formula is C15H23NiO4P-. The predicted molar refractivity (Wildman–Crippen MR) is 74.6 cm³/mol. The first-order valence-electron chi connectivity index (χ1n) is 7.11. The van der Waals surface area contributed by atoms with Gasteiger partial charge in [0.1, 0.15) is 0 Å². The van der Waals surface area contributed by atoms with Crippen LogP contribution in [0, 0.1) is 6.07 Å². The van der Waals surface area contributed by atoms with Gasteiger partial charge in [0.2, 0.25) is 0 Å². The summed E-state index contributed by atoms with van der Waals surface area (Å²) >= 11 is 0. The van der Waals surface area contributed by atoms with Gasteiger partial charge in [0.15, 0.2) is 0 Å². The van der Waals surface area contributed by atoms with Crippen LogP contribution in [0.25, 0.3) is 0 Å². The minimum atomic E-state index is -5.39. The van der Waals surface area contributed by atoms with Crippen molar-refractivity contribution in [3.05, 3.63) is 35.9 Å². The summed E-state index contributed by atoms with van der Waals surface area (Å²) in [6, 6.07) is 11.4. The van der Waals surface area contributed by atoms with Crippen LogP contribution in [0.15, 0.2) is 24.3 Å². The Balaban J connectivity index is 0. The number of phosphoric acid groups is 1. The Bertz CT molecular complexity index is 359. The summed E-state index contributed by atoms with van der Waals surface area (Å²) in [5.74, 6) is 0. The molecule has 0 spiro atoms. The molecule has 0 N–H and O–H groups in total. The topological polar surface area (TPSA) is 86.2 Å². The third-order valence-electron chi connectivity index (χ3n) is 2.86. The fourth-order valence-electron chi connectivity index (χ4n) is 1.87. The van der Waals surface area contributed by atoms with Crippen LogP contribution in [0.1, 0.15) is 57.4 Å². The quantitative estimate of drug-likeness (QED) is 0.308. The van der Waals surface area contributed by atoms with Crippen LogP contribution in [0.2, 0.25) is 0 Å². The van der Waals surface area contributed by atoms with E-state index in [1.807, 2.05) is 12.1 Å². The SMILES string of the molecule is CCCCCCCCCc1cc[c-]cc1.O=P([O-])([O-])[O-].[Ni+3]. The fourth-order valence-corrected chi connectivity index (χ4v) is 1.87. The van der Waals surface area contributed by atoms with Gasteiger partial charge in [-0.2, -0.15) is 43.7 Å². The number of aryl methyl sites for hydroxylation is 1. The largest absolute Gasteiger partial charge is 3.00 e. The van der Waals surface area contributed by atoms with Gasteiger partial charge in [-0.25, -0.2) is 0 Å². The molecule has 0 aliphatic carbocycles.